The SMILES string of the molecule is CCCC(=O)N(CCO)Cc1ccc(-c2ccccc2S(=O)(=O)NC#N)cc1. The molecule has 0 fully saturated rings. The first-order valence-electron chi connectivity index (χ1n) is 8.90. The lowest BCUT2D eigenvalue weighted by atomic mass is 10.0. The standard InChI is InChI=1S/C20H23N3O4S/c1-2-5-20(25)23(12-13-24)14-16-8-10-17(11-9-16)18-6-3-4-7-19(18)28(26,27)22-15-21/h3-4,6-11,22,24H,2,5,12-14H2,1H3. The second-order valence-electron chi connectivity index (χ2n) is 6.20. The zero-order chi connectivity index (χ0) is 20.6. The number of amides is 1. The molecule has 2 N–H and O–H groups in total. The Balaban J connectivity index is 2.28. The summed E-state index contributed by atoms with van der Waals surface area (Å²) < 4.78 is 26.3. The van der Waals surface area contributed by atoms with Gasteiger partial charge in [0.25, 0.3) is 10.0 Å². The third kappa shape index (κ3) is 5.31. The monoisotopic (exact) mass is 401 g/mol. The molecule has 0 heterocycles. The number of hydrogen-bond donors (Lipinski definition) is 2. The van der Waals surface area contributed by atoms with Crippen molar-refractivity contribution in [1.82, 2.24) is 9.62 Å². The Morgan fingerprint density at radius 1 is 1.18 bits per heavy atom. The first kappa shape index (κ1) is 21.4. The van der Waals surface area contributed by atoms with Crippen molar-refractivity contribution >= 4 is 15.9 Å². The van der Waals surface area contributed by atoms with Crippen LogP contribution in [0.2, 0.25) is 0 Å². The second-order valence-corrected chi connectivity index (χ2v) is 7.85. The maximum Gasteiger partial charge on any atom is 0.270 e. The highest BCUT2D eigenvalue weighted by atomic mass is 32.2. The van der Waals surface area contributed by atoms with Crippen molar-refractivity contribution in [1.29, 1.82) is 5.26 Å². The minimum atomic E-state index is -3.93. The Morgan fingerprint density at radius 3 is 2.46 bits per heavy atom. The molecular formula is C20H23N3O4S. The third-order valence-corrected chi connectivity index (χ3v) is 5.48. The van der Waals surface area contributed by atoms with Crippen LogP contribution in [0.4, 0.5) is 0 Å². The summed E-state index contributed by atoms with van der Waals surface area (Å²) in [5.41, 5.74) is 2.03. The Morgan fingerprint density at radius 2 is 1.86 bits per heavy atom. The number of carbonyl (C=O) groups excluding carboxylic acids is 1. The highest BCUT2D eigenvalue weighted by Gasteiger charge is 2.18. The summed E-state index contributed by atoms with van der Waals surface area (Å²) >= 11 is 0. The number of nitrogens with zero attached hydrogens (tertiary/aromatic N) is 2. The summed E-state index contributed by atoms with van der Waals surface area (Å²) in [5.74, 6) is -0.0142. The summed E-state index contributed by atoms with van der Waals surface area (Å²) in [4.78, 5) is 13.8. The molecule has 7 nitrogen and oxygen atoms in total. The van der Waals surface area contributed by atoms with Crippen LogP contribution < -0.4 is 4.72 Å². The molecule has 0 bridgehead atoms. The molecule has 8 heteroatoms. The van der Waals surface area contributed by atoms with Crippen molar-refractivity contribution in [2.45, 2.75) is 31.2 Å². The summed E-state index contributed by atoms with van der Waals surface area (Å²) in [6, 6.07) is 13.6. The summed E-state index contributed by atoms with van der Waals surface area (Å²) in [7, 11) is -3.93. The minimum absolute atomic E-state index is 0.0142. The van der Waals surface area contributed by atoms with Crippen molar-refractivity contribution in [3.05, 3.63) is 54.1 Å². The van der Waals surface area contributed by atoms with Crippen LogP contribution in [0, 0.1) is 11.5 Å². The topological polar surface area (TPSA) is 110 Å². The van der Waals surface area contributed by atoms with E-state index in [9.17, 15) is 18.3 Å². The van der Waals surface area contributed by atoms with Crippen LogP contribution >= 0.6 is 0 Å². The van der Waals surface area contributed by atoms with Crippen LogP contribution in [-0.2, 0) is 21.4 Å². The van der Waals surface area contributed by atoms with Crippen LogP contribution in [0.3, 0.4) is 0 Å². The molecular weight excluding hydrogens is 378 g/mol. The molecule has 2 aromatic carbocycles. The van der Waals surface area contributed by atoms with Crippen molar-refractivity contribution in [3.63, 3.8) is 0 Å². The lowest BCUT2D eigenvalue weighted by Gasteiger charge is -2.22. The van der Waals surface area contributed by atoms with Gasteiger partial charge in [0.15, 0.2) is 6.19 Å². The van der Waals surface area contributed by atoms with Gasteiger partial charge < -0.3 is 10.0 Å². The molecule has 2 rings (SSSR count). The Labute approximate surface area is 165 Å². The molecule has 0 saturated heterocycles. The first-order valence-corrected chi connectivity index (χ1v) is 10.4. The van der Waals surface area contributed by atoms with Gasteiger partial charge in [0.2, 0.25) is 5.91 Å². The zero-order valence-electron chi connectivity index (χ0n) is 15.6. The lowest BCUT2D eigenvalue weighted by molar-refractivity contribution is -0.132. The number of benzene rings is 2. The van der Waals surface area contributed by atoms with Gasteiger partial charge in [-0.05, 0) is 23.6 Å². The van der Waals surface area contributed by atoms with Crippen molar-refractivity contribution < 1.29 is 18.3 Å². The van der Waals surface area contributed by atoms with E-state index < -0.39 is 10.0 Å². The summed E-state index contributed by atoms with van der Waals surface area (Å²) in [5, 5.41) is 17.9. The van der Waals surface area contributed by atoms with E-state index in [1.807, 2.05) is 23.8 Å². The van der Waals surface area contributed by atoms with Gasteiger partial charge in [-0.25, -0.2) is 13.1 Å². The van der Waals surface area contributed by atoms with E-state index in [0.29, 0.717) is 24.1 Å². The first-order chi connectivity index (χ1) is 13.4. The molecule has 28 heavy (non-hydrogen) atoms. The number of nitrogens with one attached hydrogen (secondary N) is 1. The maximum absolute atomic E-state index is 12.2. The molecule has 0 unspecified atom stereocenters. The van der Waals surface area contributed by atoms with E-state index in [1.54, 1.807) is 35.2 Å². The normalized spacial score (nSPS) is 10.9. The largest absolute Gasteiger partial charge is 0.395 e. The number of hydrogen-bond acceptors (Lipinski definition) is 5. The highest BCUT2D eigenvalue weighted by molar-refractivity contribution is 7.89. The number of aliphatic hydroxyl groups is 1. The van der Waals surface area contributed by atoms with Gasteiger partial charge in [-0.2, -0.15) is 5.26 Å². The van der Waals surface area contributed by atoms with Crippen LogP contribution in [0.1, 0.15) is 25.3 Å². The van der Waals surface area contributed by atoms with Gasteiger partial charge in [0.1, 0.15) is 0 Å². The van der Waals surface area contributed by atoms with Crippen LogP contribution in [0.5, 0.6) is 0 Å². The average Bonchev–Trinajstić information content (AvgIpc) is 2.68. The molecule has 0 saturated carbocycles. The molecule has 0 aliphatic rings. The van der Waals surface area contributed by atoms with Gasteiger partial charge in [0.05, 0.1) is 11.5 Å². The van der Waals surface area contributed by atoms with Gasteiger partial charge in [-0.3, -0.25) is 4.79 Å². The summed E-state index contributed by atoms with van der Waals surface area (Å²) in [6.45, 7) is 2.46. The van der Waals surface area contributed by atoms with Gasteiger partial charge in [0, 0.05) is 25.1 Å². The average molecular weight is 401 g/mol. The minimum Gasteiger partial charge on any atom is -0.395 e. The van der Waals surface area contributed by atoms with Crippen LogP contribution in [-0.4, -0.2) is 37.5 Å². The van der Waals surface area contributed by atoms with Gasteiger partial charge in [-0.1, -0.05) is 49.4 Å². The molecule has 0 spiro atoms. The fraction of sp³-hybridized carbons (Fsp3) is 0.300. The van der Waals surface area contributed by atoms with Crippen molar-refractivity contribution in [2.75, 3.05) is 13.2 Å². The number of aliphatic hydroxyl groups excluding tert-OH is 1. The lowest BCUT2D eigenvalue weighted by Crippen LogP contribution is -2.32. The molecule has 1 amide bonds. The Bertz CT molecular complexity index is 950. The van der Waals surface area contributed by atoms with E-state index in [0.717, 1.165) is 12.0 Å². The second kappa shape index (κ2) is 9.88. The van der Waals surface area contributed by atoms with Crippen LogP contribution in [0.25, 0.3) is 11.1 Å². The Kier molecular flexibility index (Phi) is 7.55. The molecule has 0 atom stereocenters. The molecule has 2 aromatic rings. The maximum atomic E-state index is 12.2. The molecule has 0 aliphatic heterocycles. The Hall–Kier alpha value is -2.89. The van der Waals surface area contributed by atoms with Gasteiger partial charge in [-0.15, -0.1) is 0 Å². The van der Waals surface area contributed by atoms with E-state index in [2.05, 4.69) is 0 Å². The fourth-order valence-electron chi connectivity index (χ4n) is 2.85. The molecule has 148 valence electrons. The number of rotatable bonds is 9. The smallest absolute Gasteiger partial charge is 0.270 e. The van der Waals surface area contributed by atoms with Crippen molar-refractivity contribution in [3.8, 4) is 17.3 Å². The highest BCUT2D eigenvalue weighted by Crippen LogP contribution is 2.27. The van der Waals surface area contributed by atoms with E-state index in [1.165, 1.54) is 12.3 Å². The zero-order valence-corrected chi connectivity index (χ0v) is 16.4. The number of carbonyl (C=O) groups is 1. The van der Waals surface area contributed by atoms with Crippen molar-refractivity contribution in [2.24, 2.45) is 0 Å². The fourth-order valence-corrected chi connectivity index (χ4v) is 3.81. The third-order valence-electron chi connectivity index (χ3n) is 4.18. The molecule has 0 radical (unpaired) electrons. The molecule has 0 aliphatic carbocycles. The van der Waals surface area contributed by atoms with E-state index >= 15 is 0 Å². The quantitative estimate of drug-likeness (QED) is 0.494. The number of nitriles is 1. The number of sulfonamides is 1. The predicted molar refractivity (Wildman–Crippen MR) is 105 cm³/mol. The van der Waals surface area contributed by atoms with E-state index in [-0.39, 0.29) is 24.0 Å². The van der Waals surface area contributed by atoms with Crippen LogP contribution in [0.15, 0.2) is 53.4 Å². The summed E-state index contributed by atoms with van der Waals surface area (Å²) in [6.07, 6.45) is 2.62. The predicted octanol–water partition coefficient (Wildman–Crippen LogP) is 2.23. The van der Waals surface area contributed by atoms with Gasteiger partial charge >= 0.3 is 0 Å². The van der Waals surface area contributed by atoms with E-state index in [4.69, 9.17) is 5.26 Å². The molecule has 0 aromatic heterocycles.